The fraction of sp³-hybridized carbons (Fsp3) is 1.00. The predicted octanol–water partition coefficient (Wildman–Crippen LogP) is 1.62. The Morgan fingerprint density at radius 3 is 2.21 bits per heavy atom. The van der Waals surface area contributed by atoms with Crippen molar-refractivity contribution in [3.8, 4) is 0 Å². The van der Waals surface area contributed by atoms with E-state index in [9.17, 15) is 17.2 Å². The summed E-state index contributed by atoms with van der Waals surface area (Å²) in [6.45, 7) is 0.327. The van der Waals surface area contributed by atoms with Gasteiger partial charge in [-0.15, -0.1) is 0 Å². The van der Waals surface area contributed by atoms with Gasteiger partial charge in [-0.05, 0) is 12.8 Å². The predicted molar refractivity (Wildman–Crippen MR) is 48.1 cm³/mol. The number of ether oxygens (including phenoxy) is 1. The van der Waals surface area contributed by atoms with E-state index in [4.69, 9.17) is 15.4 Å². The molecule has 1 heterocycles. The highest BCUT2D eigenvalue weighted by Gasteiger charge is 2.44. The fourth-order valence-corrected chi connectivity index (χ4v) is 3.30. The standard InChI is InChI=1S/C7H11ClF2O3S/c8-14(11,12)5-7(6(9)10)1-3-13-4-2-7/h6H,1-5H2. The number of halogens is 3. The van der Waals surface area contributed by atoms with Crippen molar-refractivity contribution in [1.82, 2.24) is 0 Å². The first-order valence-corrected chi connectivity index (χ1v) is 6.62. The monoisotopic (exact) mass is 248 g/mol. The van der Waals surface area contributed by atoms with Gasteiger partial charge in [-0.1, -0.05) is 0 Å². The third kappa shape index (κ3) is 3.03. The van der Waals surface area contributed by atoms with E-state index in [0.29, 0.717) is 0 Å². The van der Waals surface area contributed by atoms with Gasteiger partial charge in [-0.2, -0.15) is 0 Å². The lowest BCUT2D eigenvalue weighted by molar-refractivity contribution is -0.0665. The van der Waals surface area contributed by atoms with E-state index in [1.54, 1.807) is 0 Å². The molecule has 0 aromatic heterocycles. The summed E-state index contributed by atoms with van der Waals surface area (Å²) in [4.78, 5) is 0. The molecule has 0 bridgehead atoms. The zero-order valence-electron chi connectivity index (χ0n) is 7.38. The van der Waals surface area contributed by atoms with Crippen LogP contribution in [0.5, 0.6) is 0 Å². The molecule has 1 aliphatic heterocycles. The molecule has 0 atom stereocenters. The van der Waals surface area contributed by atoms with E-state index in [1.165, 1.54) is 0 Å². The minimum absolute atomic E-state index is 0.0383. The third-order valence-electron chi connectivity index (χ3n) is 2.41. The van der Waals surface area contributed by atoms with Crippen molar-refractivity contribution in [3.63, 3.8) is 0 Å². The molecule has 0 aliphatic carbocycles. The highest BCUT2D eigenvalue weighted by molar-refractivity contribution is 8.13. The van der Waals surface area contributed by atoms with Crippen molar-refractivity contribution in [2.45, 2.75) is 19.3 Å². The van der Waals surface area contributed by atoms with Crippen molar-refractivity contribution in [2.24, 2.45) is 5.41 Å². The Labute approximate surface area is 85.8 Å². The van der Waals surface area contributed by atoms with E-state index in [-0.39, 0.29) is 26.1 Å². The van der Waals surface area contributed by atoms with Gasteiger partial charge in [-0.25, -0.2) is 17.2 Å². The highest BCUT2D eigenvalue weighted by Crippen LogP contribution is 2.38. The molecule has 0 amide bonds. The molecule has 1 rings (SSSR count). The van der Waals surface area contributed by atoms with Crippen LogP contribution >= 0.6 is 10.7 Å². The third-order valence-corrected chi connectivity index (χ3v) is 3.66. The van der Waals surface area contributed by atoms with Gasteiger partial charge in [0, 0.05) is 23.9 Å². The van der Waals surface area contributed by atoms with Gasteiger partial charge in [0.15, 0.2) is 0 Å². The average molecular weight is 249 g/mol. The molecule has 3 nitrogen and oxygen atoms in total. The molecule has 14 heavy (non-hydrogen) atoms. The van der Waals surface area contributed by atoms with Gasteiger partial charge in [0.05, 0.1) is 11.2 Å². The number of alkyl halides is 2. The fourth-order valence-electron chi connectivity index (χ4n) is 1.55. The van der Waals surface area contributed by atoms with Crippen molar-refractivity contribution < 1.29 is 21.9 Å². The van der Waals surface area contributed by atoms with Gasteiger partial charge in [0.25, 0.3) is 0 Å². The zero-order chi connectivity index (χ0) is 10.8. The summed E-state index contributed by atoms with van der Waals surface area (Å²) in [6.07, 6.45) is -2.60. The minimum atomic E-state index is -3.89. The van der Waals surface area contributed by atoms with Gasteiger partial charge in [-0.3, -0.25) is 0 Å². The molecule has 0 N–H and O–H groups in total. The van der Waals surface area contributed by atoms with Gasteiger partial charge < -0.3 is 4.74 Å². The first-order valence-electron chi connectivity index (χ1n) is 4.14. The van der Waals surface area contributed by atoms with Crippen molar-refractivity contribution in [2.75, 3.05) is 19.0 Å². The Balaban J connectivity index is 2.81. The van der Waals surface area contributed by atoms with Crippen LogP contribution in [0.4, 0.5) is 8.78 Å². The first kappa shape index (κ1) is 12.1. The van der Waals surface area contributed by atoms with E-state index in [1.807, 2.05) is 0 Å². The minimum Gasteiger partial charge on any atom is -0.381 e. The van der Waals surface area contributed by atoms with Crippen molar-refractivity contribution in [1.29, 1.82) is 0 Å². The largest absolute Gasteiger partial charge is 0.381 e. The highest BCUT2D eigenvalue weighted by atomic mass is 35.7. The van der Waals surface area contributed by atoms with Crippen LogP contribution in [0, 0.1) is 5.41 Å². The van der Waals surface area contributed by atoms with E-state index >= 15 is 0 Å². The second kappa shape index (κ2) is 4.28. The molecule has 0 radical (unpaired) electrons. The Hall–Kier alpha value is 0.0600. The lowest BCUT2D eigenvalue weighted by Gasteiger charge is -2.35. The van der Waals surface area contributed by atoms with Crippen LogP contribution in [-0.2, 0) is 13.8 Å². The van der Waals surface area contributed by atoms with Gasteiger partial charge in [0.1, 0.15) is 0 Å². The Bertz CT molecular complexity index is 285. The number of rotatable bonds is 3. The summed E-state index contributed by atoms with van der Waals surface area (Å²) in [6, 6.07) is 0. The first-order chi connectivity index (χ1) is 6.36. The average Bonchev–Trinajstić information content (AvgIpc) is 2.02. The lowest BCUT2D eigenvalue weighted by atomic mass is 9.83. The Morgan fingerprint density at radius 1 is 1.36 bits per heavy atom. The molecular weight excluding hydrogens is 238 g/mol. The smallest absolute Gasteiger partial charge is 0.245 e. The lowest BCUT2D eigenvalue weighted by Crippen LogP contribution is -2.41. The summed E-state index contributed by atoms with van der Waals surface area (Å²) < 4.78 is 52.0. The van der Waals surface area contributed by atoms with Crippen molar-refractivity contribution >= 4 is 19.7 Å². The molecule has 0 unspecified atom stereocenters. The summed E-state index contributed by atoms with van der Waals surface area (Å²) >= 11 is 0. The number of hydrogen-bond donors (Lipinski definition) is 0. The molecule has 7 heteroatoms. The van der Waals surface area contributed by atoms with Crippen LogP contribution < -0.4 is 0 Å². The van der Waals surface area contributed by atoms with E-state index in [0.717, 1.165) is 0 Å². The molecule has 0 aromatic carbocycles. The molecule has 1 fully saturated rings. The Kier molecular flexibility index (Phi) is 3.71. The normalized spacial score (nSPS) is 22.6. The maximum Gasteiger partial charge on any atom is 0.245 e. The molecule has 84 valence electrons. The topological polar surface area (TPSA) is 43.4 Å². The summed E-state index contributed by atoms with van der Waals surface area (Å²) in [5, 5.41) is 0. The second-order valence-corrected chi connectivity index (χ2v) is 6.24. The quantitative estimate of drug-likeness (QED) is 0.713. The molecule has 1 saturated heterocycles. The van der Waals surface area contributed by atoms with E-state index < -0.39 is 26.6 Å². The van der Waals surface area contributed by atoms with E-state index in [2.05, 4.69) is 0 Å². The molecule has 0 spiro atoms. The van der Waals surface area contributed by atoms with Crippen LogP contribution in [0.25, 0.3) is 0 Å². The van der Waals surface area contributed by atoms with Gasteiger partial charge >= 0.3 is 0 Å². The summed E-state index contributed by atoms with van der Waals surface area (Å²) in [7, 11) is 1.11. The molecule has 0 aromatic rings. The van der Waals surface area contributed by atoms with Crippen LogP contribution in [0.3, 0.4) is 0 Å². The second-order valence-electron chi connectivity index (χ2n) is 3.46. The van der Waals surface area contributed by atoms with Gasteiger partial charge in [0.2, 0.25) is 15.5 Å². The maximum atomic E-state index is 12.7. The summed E-state index contributed by atoms with van der Waals surface area (Å²) in [5.74, 6) is -0.678. The SMILES string of the molecule is O=S(=O)(Cl)CC1(C(F)F)CCOCC1. The molecule has 1 aliphatic rings. The molecular formula is C7H11ClF2O3S. The van der Waals surface area contributed by atoms with Crippen LogP contribution in [0.1, 0.15) is 12.8 Å². The van der Waals surface area contributed by atoms with Crippen LogP contribution in [0.15, 0.2) is 0 Å². The summed E-state index contributed by atoms with van der Waals surface area (Å²) in [5.41, 5.74) is -1.52. The Morgan fingerprint density at radius 2 is 1.86 bits per heavy atom. The number of hydrogen-bond acceptors (Lipinski definition) is 3. The van der Waals surface area contributed by atoms with Crippen LogP contribution in [-0.4, -0.2) is 33.8 Å². The molecule has 0 saturated carbocycles. The maximum absolute atomic E-state index is 12.7. The van der Waals surface area contributed by atoms with Crippen molar-refractivity contribution in [3.05, 3.63) is 0 Å². The van der Waals surface area contributed by atoms with Crippen LogP contribution in [0.2, 0.25) is 0 Å². The zero-order valence-corrected chi connectivity index (χ0v) is 8.95.